The lowest BCUT2D eigenvalue weighted by molar-refractivity contribution is -0.150. The Morgan fingerprint density at radius 1 is 1.44 bits per heavy atom. The average molecular weight is 265 g/mol. The van der Waals surface area contributed by atoms with E-state index >= 15 is 0 Å². The first-order valence-electron chi connectivity index (χ1n) is 5.93. The van der Waals surface area contributed by atoms with Crippen LogP contribution in [-0.4, -0.2) is 34.5 Å². The summed E-state index contributed by atoms with van der Waals surface area (Å²) in [6.07, 6.45) is 5.50. The van der Waals surface area contributed by atoms with Crippen molar-refractivity contribution in [2.75, 3.05) is 6.54 Å². The summed E-state index contributed by atoms with van der Waals surface area (Å²) in [4.78, 5) is 25.5. The van der Waals surface area contributed by atoms with Crippen molar-refractivity contribution in [2.24, 2.45) is 0 Å². The second-order valence-corrected chi connectivity index (χ2v) is 5.21. The van der Waals surface area contributed by atoms with Gasteiger partial charge in [0.05, 0.1) is 0 Å². The summed E-state index contributed by atoms with van der Waals surface area (Å²) >= 11 is 1.54. The topological polar surface area (TPSA) is 57.6 Å². The molecule has 1 amide bonds. The van der Waals surface area contributed by atoms with E-state index in [2.05, 4.69) is 0 Å². The maximum atomic E-state index is 12.0. The largest absolute Gasteiger partial charge is 0.480 e. The smallest absolute Gasteiger partial charge is 0.326 e. The van der Waals surface area contributed by atoms with Crippen molar-refractivity contribution in [1.29, 1.82) is 0 Å². The molecule has 1 aromatic heterocycles. The summed E-state index contributed by atoms with van der Waals surface area (Å²) in [6.45, 7) is 0.532. The number of rotatable bonds is 3. The number of carboxylic acid groups (broad SMARTS) is 1. The van der Waals surface area contributed by atoms with E-state index in [-0.39, 0.29) is 5.91 Å². The molecule has 1 aliphatic rings. The number of carbonyl (C=O) groups excluding carboxylic acids is 1. The molecule has 0 aromatic carbocycles. The Bertz CT molecular complexity index is 453. The standard InChI is InChI=1S/C13H15NO3S/c15-12(7-6-10-4-3-9-18-10)14-8-2-1-5-11(14)13(16)17/h3-4,6-7,9,11H,1-2,5,8H2,(H,16,17)/b7-6+/t11-/m0/s1. The molecule has 2 heterocycles. The minimum absolute atomic E-state index is 0.212. The van der Waals surface area contributed by atoms with E-state index in [1.165, 1.54) is 11.0 Å². The summed E-state index contributed by atoms with van der Waals surface area (Å²) < 4.78 is 0. The van der Waals surface area contributed by atoms with Crippen molar-refractivity contribution in [2.45, 2.75) is 25.3 Å². The fourth-order valence-electron chi connectivity index (χ4n) is 2.09. The van der Waals surface area contributed by atoms with Gasteiger partial charge in [0.25, 0.3) is 0 Å². The summed E-state index contributed by atoms with van der Waals surface area (Å²) in [5, 5.41) is 11.0. The minimum Gasteiger partial charge on any atom is -0.480 e. The van der Waals surface area contributed by atoms with Crippen LogP contribution in [-0.2, 0) is 9.59 Å². The van der Waals surface area contributed by atoms with Gasteiger partial charge in [-0.05, 0) is 36.8 Å². The van der Waals surface area contributed by atoms with Crippen LogP contribution in [0.4, 0.5) is 0 Å². The lowest BCUT2D eigenvalue weighted by atomic mass is 10.0. The van der Waals surface area contributed by atoms with Gasteiger partial charge < -0.3 is 10.0 Å². The third-order valence-electron chi connectivity index (χ3n) is 3.00. The van der Waals surface area contributed by atoms with Crippen molar-refractivity contribution in [3.8, 4) is 0 Å². The van der Waals surface area contributed by atoms with Gasteiger partial charge in [-0.2, -0.15) is 0 Å². The lowest BCUT2D eigenvalue weighted by Gasteiger charge is -2.32. The number of carboxylic acids is 1. The number of likely N-dealkylation sites (tertiary alicyclic amines) is 1. The molecule has 5 heteroatoms. The summed E-state index contributed by atoms with van der Waals surface area (Å²) in [5.74, 6) is -1.12. The first-order chi connectivity index (χ1) is 8.68. The first-order valence-corrected chi connectivity index (χ1v) is 6.81. The Morgan fingerprint density at radius 3 is 2.94 bits per heavy atom. The number of carbonyl (C=O) groups is 2. The Hall–Kier alpha value is -1.62. The highest BCUT2D eigenvalue weighted by Gasteiger charge is 2.30. The monoisotopic (exact) mass is 265 g/mol. The van der Waals surface area contributed by atoms with Crippen LogP contribution in [0, 0.1) is 0 Å². The van der Waals surface area contributed by atoms with Crippen molar-refractivity contribution in [3.63, 3.8) is 0 Å². The highest BCUT2D eigenvalue weighted by Crippen LogP contribution is 2.18. The molecule has 1 N–H and O–H groups in total. The van der Waals surface area contributed by atoms with Crippen LogP contribution in [0.5, 0.6) is 0 Å². The van der Waals surface area contributed by atoms with Gasteiger partial charge in [-0.1, -0.05) is 6.07 Å². The van der Waals surface area contributed by atoms with E-state index < -0.39 is 12.0 Å². The Labute approximate surface area is 110 Å². The highest BCUT2D eigenvalue weighted by molar-refractivity contribution is 7.10. The molecule has 0 unspecified atom stereocenters. The molecule has 1 atom stereocenters. The van der Waals surface area contributed by atoms with E-state index in [9.17, 15) is 9.59 Å². The zero-order chi connectivity index (χ0) is 13.0. The van der Waals surface area contributed by atoms with Crippen molar-refractivity contribution in [1.82, 2.24) is 4.90 Å². The maximum absolute atomic E-state index is 12.0. The Morgan fingerprint density at radius 2 is 2.28 bits per heavy atom. The third kappa shape index (κ3) is 2.98. The molecule has 1 saturated heterocycles. The predicted octanol–water partition coefficient (Wildman–Crippen LogP) is 2.23. The van der Waals surface area contributed by atoms with Crippen molar-refractivity contribution < 1.29 is 14.7 Å². The molecule has 0 saturated carbocycles. The number of aliphatic carboxylic acids is 1. The molecule has 0 spiro atoms. The van der Waals surface area contributed by atoms with Crippen LogP contribution in [0.3, 0.4) is 0 Å². The summed E-state index contributed by atoms with van der Waals surface area (Å²) in [5.41, 5.74) is 0. The molecule has 18 heavy (non-hydrogen) atoms. The van der Waals surface area contributed by atoms with E-state index in [1.54, 1.807) is 17.4 Å². The molecule has 1 aliphatic heterocycles. The molecular formula is C13H15NO3S. The SMILES string of the molecule is O=C(O)[C@@H]1CCCCN1C(=O)/C=C/c1cccs1. The second kappa shape index (κ2) is 5.82. The maximum Gasteiger partial charge on any atom is 0.326 e. The molecule has 4 nitrogen and oxygen atoms in total. The van der Waals surface area contributed by atoms with Crippen LogP contribution >= 0.6 is 11.3 Å². The van der Waals surface area contributed by atoms with Gasteiger partial charge in [0, 0.05) is 17.5 Å². The van der Waals surface area contributed by atoms with Crippen LogP contribution in [0.1, 0.15) is 24.1 Å². The molecule has 2 rings (SSSR count). The number of thiophene rings is 1. The van der Waals surface area contributed by atoms with E-state index in [0.29, 0.717) is 13.0 Å². The van der Waals surface area contributed by atoms with Gasteiger partial charge in [0.15, 0.2) is 0 Å². The summed E-state index contributed by atoms with van der Waals surface area (Å²) in [7, 11) is 0. The van der Waals surface area contributed by atoms with Crippen molar-refractivity contribution >= 4 is 29.3 Å². The third-order valence-corrected chi connectivity index (χ3v) is 3.84. The van der Waals surface area contributed by atoms with Gasteiger partial charge in [0.2, 0.25) is 5.91 Å². The number of amides is 1. The number of hydrogen-bond donors (Lipinski definition) is 1. The zero-order valence-electron chi connectivity index (χ0n) is 9.91. The molecule has 1 fully saturated rings. The van der Waals surface area contributed by atoms with Crippen LogP contribution in [0.2, 0.25) is 0 Å². The lowest BCUT2D eigenvalue weighted by Crippen LogP contribution is -2.47. The highest BCUT2D eigenvalue weighted by atomic mass is 32.1. The molecule has 1 aromatic rings. The van der Waals surface area contributed by atoms with Crippen LogP contribution < -0.4 is 0 Å². The Balaban J connectivity index is 2.04. The normalized spacial score (nSPS) is 20.2. The Kier molecular flexibility index (Phi) is 4.15. The van der Waals surface area contributed by atoms with Crippen LogP contribution in [0.25, 0.3) is 6.08 Å². The van der Waals surface area contributed by atoms with Gasteiger partial charge in [-0.15, -0.1) is 11.3 Å². The zero-order valence-corrected chi connectivity index (χ0v) is 10.7. The first kappa shape index (κ1) is 12.8. The summed E-state index contributed by atoms with van der Waals surface area (Å²) in [6, 6.07) is 3.16. The molecule has 0 radical (unpaired) electrons. The number of piperidine rings is 1. The van der Waals surface area contributed by atoms with Gasteiger partial charge in [0.1, 0.15) is 6.04 Å². The fraction of sp³-hybridized carbons (Fsp3) is 0.385. The number of hydrogen-bond acceptors (Lipinski definition) is 3. The molecular weight excluding hydrogens is 250 g/mol. The minimum atomic E-state index is -0.910. The predicted molar refractivity (Wildman–Crippen MR) is 70.3 cm³/mol. The molecule has 0 bridgehead atoms. The van der Waals surface area contributed by atoms with Crippen molar-refractivity contribution in [3.05, 3.63) is 28.5 Å². The van der Waals surface area contributed by atoms with E-state index in [1.807, 2.05) is 17.5 Å². The average Bonchev–Trinajstić information content (AvgIpc) is 2.89. The van der Waals surface area contributed by atoms with E-state index in [0.717, 1.165) is 17.7 Å². The van der Waals surface area contributed by atoms with E-state index in [4.69, 9.17) is 5.11 Å². The number of nitrogens with zero attached hydrogens (tertiary/aromatic N) is 1. The van der Waals surface area contributed by atoms with Gasteiger partial charge in [-0.25, -0.2) is 4.79 Å². The quantitative estimate of drug-likeness (QED) is 0.853. The van der Waals surface area contributed by atoms with Crippen LogP contribution in [0.15, 0.2) is 23.6 Å². The fourth-order valence-corrected chi connectivity index (χ4v) is 2.71. The molecule has 96 valence electrons. The van der Waals surface area contributed by atoms with Gasteiger partial charge >= 0.3 is 5.97 Å². The molecule has 0 aliphatic carbocycles. The second-order valence-electron chi connectivity index (χ2n) is 4.23. The van der Waals surface area contributed by atoms with Gasteiger partial charge in [-0.3, -0.25) is 4.79 Å².